The number of epoxide rings is 2. The smallest absolute Gasteiger partial charge is 0.121 e. The number of ether oxygens (including phenoxy) is 2. The second kappa shape index (κ2) is 2.05. The Kier molecular flexibility index (Phi) is 1.09. The number of rotatable bonds is 0. The lowest BCUT2D eigenvalue weighted by molar-refractivity contribution is 0.247. The van der Waals surface area contributed by atoms with Gasteiger partial charge in [-0.25, -0.2) is 0 Å². The molecule has 2 heterocycles. The maximum Gasteiger partial charge on any atom is 0.121 e. The van der Waals surface area contributed by atoms with Gasteiger partial charge in [-0.1, -0.05) is 24.3 Å². The Morgan fingerprint density at radius 1 is 1.36 bits per heavy atom. The third-order valence-corrected chi connectivity index (χ3v) is 3.80. The van der Waals surface area contributed by atoms with Crippen molar-refractivity contribution in [2.45, 2.75) is 37.3 Å². The monoisotopic (exact) mass is 188 g/mol. The molecule has 72 valence electrons. The van der Waals surface area contributed by atoms with E-state index in [0.29, 0.717) is 18.3 Å². The Bertz CT molecular complexity index is 415. The Morgan fingerprint density at radius 3 is 3.14 bits per heavy atom. The van der Waals surface area contributed by atoms with Gasteiger partial charge in [0.15, 0.2) is 0 Å². The fourth-order valence-corrected chi connectivity index (χ4v) is 2.75. The van der Waals surface area contributed by atoms with Crippen molar-refractivity contribution in [2.75, 3.05) is 0 Å². The van der Waals surface area contributed by atoms with E-state index in [4.69, 9.17) is 9.47 Å². The van der Waals surface area contributed by atoms with Crippen LogP contribution in [0.15, 0.2) is 24.3 Å². The fourth-order valence-electron chi connectivity index (χ4n) is 2.75. The van der Waals surface area contributed by atoms with E-state index in [9.17, 15) is 0 Å². The summed E-state index contributed by atoms with van der Waals surface area (Å²) in [6.07, 6.45) is 2.07. The number of hydrogen-bond donors (Lipinski definition) is 0. The Hall–Kier alpha value is -0.860. The molecular weight excluding hydrogens is 176 g/mol. The minimum atomic E-state index is 0.0175. The molecule has 3 aliphatic rings. The van der Waals surface area contributed by atoms with Gasteiger partial charge in [-0.05, 0) is 18.1 Å². The molecule has 2 heteroatoms. The average molecular weight is 188 g/mol. The van der Waals surface area contributed by atoms with Gasteiger partial charge in [0.05, 0.1) is 6.10 Å². The molecule has 0 aromatic heterocycles. The second-order valence-electron chi connectivity index (χ2n) is 4.67. The van der Waals surface area contributed by atoms with Gasteiger partial charge in [-0.2, -0.15) is 0 Å². The first-order valence-corrected chi connectivity index (χ1v) is 5.20. The van der Waals surface area contributed by atoms with E-state index in [1.165, 1.54) is 11.1 Å². The zero-order chi connectivity index (χ0) is 9.34. The fraction of sp³-hybridized carbons (Fsp3) is 0.500. The summed E-state index contributed by atoms with van der Waals surface area (Å²) in [6.45, 7) is 2.17. The number of hydrogen-bond acceptors (Lipinski definition) is 2. The minimum absolute atomic E-state index is 0.0175. The van der Waals surface area contributed by atoms with Gasteiger partial charge in [0.1, 0.15) is 17.8 Å². The Labute approximate surface area is 82.8 Å². The van der Waals surface area contributed by atoms with Gasteiger partial charge in [-0.3, -0.25) is 0 Å². The molecule has 1 aromatic carbocycles. The first kappa shape index (κ1) is 7.43. The van der Waals surface area contributed by atoms with Crippen molar-refractivity contribution in [1.82, 2.24) is 0 Å². The summed E-state index contributed by atoms with van der Waals surface area (Å²) >= 11 is 0. The third kappa shape index (κ3) is 0.748. The van der Waals surface area contributed by atoms with Gasteiger partial charge >= 0.3 is 0 Å². The lowest BCUT2D eigenvalue weighted by atomic mass is 10.0. The van der Waals surface area contributed by atoms with Crippen LogP contribution in [0.25, 0.3) is 0 Å². The molecular formula is C12H12O2. The van der Waals surface area contributed by atoms with Crippen molar-refractivity contribution in [3.05, 3.63) is 35.4 Å². The summed E-state index contributed by atoms with van der Waals surface area (Å²) in [5.41, 5.74) is 2.81. The highest BCUT2D eigenvalue weighted by atomic mass is 16.7. The van der Waals surface area contributed by atoms with Gasteiger partial charge < -0.3 is 9.47 Å². The average Bonchev–Trinajstić information content (AvgIpc) is 3.02. The van der Waals surface area contributed by atoms with Gasteiger partial charge in [0, 0.05) is 6.42 Å². The van der Waals surface area contributed by atoms with Crippen LogP contribution in [-0.2, 0) is 15.9 Å². The van der Waals surface area contributed by atoms with Crippen LogP contribution in [0, 0.1) is 0 Å². The van der Waals surface area contributed by atoms with E-state index < -0.39 is 0 Å². The SMILES string of the molecule is C[C@]12O[C@H]1Cc1ccccc1[C@H]1O[C@H]12. The van der Waals surface area contributed by atoms with Crippen molar-refractivity contribution >= 4 is 0 Å². The molecule has 1 aromatic rings. The van der Waals surface area contributed by atoms with Crippen LogP contribution in [0.3, 0.4) is 0 Å². The maximum atomic E-state index is 5.73. The van der Waals surface area contributed by atoms with Crippen LogP contribution in [-0.4, -0.2) is 17.8 Å². The molecule has 0 saturated carbocycles. The lowest BCUT2D eigenvalue weighted by Crippen LogP contribution is -2.17. The molecule has 2 nitrogen and oxygen atoms in total. The summed E-state index contributed by atoms with van der Waals surface area (Å²) in [4.78, 5) is 0. The molecule has 0 unspecified atom stereocenters. The minimum Gasteiger partial charge on any atom is -0.363 e. The van der Waals surface area contributed by atoms with E-state index in [1.807, 2.05) is 0 Å². The van der Waals surface area contributed by atoms with Crippen molar-refractivity contribution in [2.24, 2.45) is 0 Å². The Morgan fingerprint density at radius 2 is 2.21 bits per heavy atom. The summed E-state index contributed by atoms with van der Waals surface area (Å²) < 4.78 is 11.4. The molecule has 0 bridgehead atoms. The van der Waals surface area contributed by atoms with Gasteiger partial charge in [0.25, 0.3) is 0 Å². The highest BCUT2D eigenvalue weighted by Crippen LogP contribution is 2.59. The highest BCUT2D eigenvalue weighted by molar-refractivity contribution is 5.39. The number of fused-ring (bicyclic) bond motifs is 5. The summed E-state index contributed by atoms with van der Waals surface area (Å²) in [5, 5.41) is 0. The first-order chi connectivity index (χ1) is 6.79. The van der Waals surface area contributed by atoms with E-state index >= 15 is 0 Å². The van der Waals surface area contributed by atoms with E-state index in [1.54, 1.807) is 0 Å². The quantitative estimate of drug-likeness (QED) is 0.580. The van der Waals surface area contributed by atoms with Crippen molar-refractivity contribution in [1.29, 1.82) is 0 Å². The highest BCUT2D eigenvalue weighted by Gasteiger charge is 2.69. The summed E-state index contributed by atoms with van der Waals surface area (Å²) in [6, 6.07) is 8.58. The van der Waals surface area contributed by atoms with Crippen molar-refractivity contribution in [3.8, 4) is 0 Å². The molecule has 0 amide bonds. The summed E-state index contributed by atoms with van der Waals surface area (Å²) in [7, 11) is 0. The molecule has 4 rings (SSSR count). The molecule has 0 spiro atoms. The van der Waals surface area contributed by atoms with Crippen LogP contribution in [0.1, 0.15) is 24.2 Å². The second-order valence-corrected chi connectivity index (χ2v) is 4.67. The largest absolute Gasteiger partial charge is 0.363 e. The first-order valence-electron chi connectivity index (χ1n) is 5.20. The molecule has 14 heavy (non-hydrogen) atoms. The van der Waals surface area contributed by atoms with E-state index in [0.717, 1.165) is 6.42 Å². The van der Waals surface area contributed by atoms with Crippen LogP contribution in [0.5, 0.6) is 0 Å². The zero-order valence-electron chi connectivity index (χ0n) is 8.07. The lowest BCUT2D eigenvalue weighted by Gasteiger charge is -2.03. The van der Waals surface area contributed by atoms with E-state index in [-0.39, 0.29) is 5.60 Å². The van der Waals surface area contributed by atoms with Crippen LogP contribution in [0.2, 0.25) is 0 Å². The molecule has 0 radical (unpaired) electrons. The molecule has 4 atom stereocenters. The van der Waals surface area contributed by atoms with Crippen LogP contribution in [0.4, 0.5) is 0 Å². The zero-order valence-corrected chi connectivity index (χ0v) is 8.07. The molecule has 0 N–H and O–H groups in total. The van der Waals surface area contributed by atoms with Crippen molar-refractivity contribution < 1.29 is 9.47 Å². The van der Waals surface area contributed by atoms with Crippen molar-refractivity contribution in [3.63, 3.8) is 0 Å². The molecule has 2 aliphatic heterocycles. The summed E-state index contributed by atoms with van der Waals surface area (Å²) in [5.74, 6) is 0. The van der Waals surface area contributed by atoms with Gasteiger partial charge in [0.2, 0.25) is 0 Å². The molecule has 2 saturated heterocycles. The maximum absolute atomic E-state index is 5.73. The predicted molar refractivity (Wildman–Crippen MR) is 51.0 cm³/mol. The standard InChI is InChI=1S/C12H12O2/c1-12-9(14-12)6-7-4-2-3-5-8(7)10-11(12)13-10/h2-5,9-11H,6H2,1H3/t9-,10+,11+,12-/m0/s1. The van der Waals surface area contributed by atoms with E-state index in [2.05, 4.69) is 31.2 Å². The number of benzene rings is 1. The van der Waals surface area contributed by atoms with Crippen LogP contribution >= 0.6 is 0 Å². The predicted octanol–water partition coefficient (Wildman–Crippen LogP) is 1.84. The molecule has 1 aliphatic carbocycles. The topological polar surface area (TPSA) is 25.1 Å². The van der Waals surface area contributed by atoms with Crippen LogP contribution < -0.4 is 0 Å². The normalized spacial score (nSPS) is 47.1. The Balaban J connectivity index is 1.86. The third-order valence-electron chi connectivity index (χ3n) is 3.80. The van der Waals surface area contributed by atoms with Gasteiger partial charge in [-0.15, -0.1) is 0 Å². The molecule has 2 fully saturated rings.